The van der Waals surface area contributed by atoms with Crippen LogP contribution in [0, 0.1) is 6.92 Å². The van der Waals surface area contributed by atoms with Crippen molar-refractivity contribution in [2.45, 2.75) is 26.4 Å². The molecule has 0 aliphatic rings. The second-order valence-electron chi connectivity index (χ2n) is 5.13. The fourth-order valence-corrected chi connectivity index (χ4v) is 2.94. The molecule has 0 fully saturated rings. The van der Waals surface area contributed by atoms with Crippen molar-refractivity contribution in [3.63, 3.8) is 0 Å². The molecule has 1 aromatic carbocycles. The molecule has 1 heterocycles. The van der Waals surface area contributed by atoms with Crippen LogP contribution < -0.4 is 14.8 Å². The van der Waals surface area contributed by atoms with E-state index >= 15 is 0 Å². The molecule has 0 aliphatic heterocycles. The van der Waals surface area contributed by atoms with Gasteiger partial charge in [0.25, 0.3) is 0 Å². The zero-order valence-electron chi connectivity index (χ0n) is 13.7. The Morgan fingerprint density at radius 1 is 1.16 bits per heavy atom. The average molecular weight is 369 g/mol. The summed E-state index contributed by atoms with van der Waals surface area (Å²) >= 11 is 1.38. The molecule has 25 heavy (non-hydrogen) atoms. The van der Waals surface area contributed by atoms with Gasteiger partial charge in [-0.15, -0.1) is 11.3 Å². The highest BCUT2D eigenvalue weighted by molar-refractivity contribution is 7.14. The molecule has 0 spiro atoms. The molecule has 0 radical (unpaired) electrons. The Hall–Kier alpha value is -2.48. The number of halogens is 2. The molecule has 0 bridgehead atoms. The second-order valence-corrected chi connectivity index (χ2v) is 6.41. The Morgan fingerprint density at radius 2 is 1.92 bits per heavy atom. The van der Waals surface area contributed by atoms with Crippen molar-refractivity contribution >= 4 is 28.7 Å². The van der Waals surface area contributed by atoms with E-state index in [2.05, 4.69) is 10.1 Å². The molecule has 134 valence electrons. The number of thiophene rings is 1. The summed E-state index contributed by atoms with van der Waals surface area (Å²) in [6.45, 7) is -1.11. The standard InChI is InChI=1S/C17H17F2NO4S/c1-10-3-7-15(25-10)12(21)5-8-16(22)20-11-4-6-13(23-2)14(9-11)24-17(18)19/h3-4,6-7,9,17H,5,8H2,1-2H3,(H,20,22). The highest BCUT2D eigenvalue weighted by Gasteiger charge is 2.14. The number of nitrogens with one attached hydrogen (secondary N) is 1. The van der Waals surface area contributed by atoms with Crippen molar-refractivity contribution in [2.24, 2.45) is 0 Å². The van der Waals surface area contributed by atoms with E-state index in [9.17, 15) is 18.4 Å². The van der Waals surface area contributed by atoms with Crippen LogP contribution in [0.4, 0.5) is 14.5 Å². The lowest BCUT2D eigenvalue weighted by Gasteiger charge is -2.12. The molecular weight excluding hydrogens is 352 g/mol. The first-order chi connectivity index (χ1) is 11.9. The molecule has 1 amide bonds. The van der Waals surface area contributed by atoms with E-state index in [1.54, 1.807) is 6.07 Å². The van der Waals surface area contributed by atoms with E-state index in [1.807, 2.05) is 13.0 Å². The second kappa shape index (κ2) is 8.57. The fourth-order valence-electron chi connectivity index (χ4n) is 2.10. The van der Waals surface area contributed by atoms with E-state index < -0.39 is 12.5 Å². The van der Waals surface area contributed by atoms with Crippen LogP contribution in [-0.2, 0) is 4.79 Å². The molecule has 0 unspecified atom stereocenters. The molecule has 2 rings (SSSR count). The lowest BCUT2D eigenvalue weighted by atomic mass is 10.2. The summed E-state index contributed by atoms with van der Waals surface area (Å²) in [6, 6.07) is 7.73. The number of methoxy groups -OCH3 is 1. The molecule has 0 atom stereocenters. The third-order valence-corrected chi connectivity index (χ3v) is 4.30. The molecular formula is C17H17F2NO4S. The predicted octanol–water partition coefficient (Wildman–Crippen LogP) is 4.27. The number of anilines is 1. The van der Waals surface area contributed by atoms with Gasteiger partial charge < -0.3 is 14.8 Å². The number of benzene rings is 1. The summed E-state index contributed by atoms with van der Waals surface area (Å²) in [5.74, 6) is -0.554. The maximum atomic E-state index is 12.4. The van der Waals surface area contributed by atoms with Gasteiger partial charge in [0, 0.05) is 29.5 Å². The number of ketones is 1. The van der Waals surface area contributed by atoms with Crippen LogP contribution in [0.15, 0.2) is 30.3 Å². The van der Waals surface area contributed by atoms with Gasteiger partial charge in [-0.25, -0.2) is 0 Å². The number of hydrogen-bond donors (Lipinski definition) is 1. The summed E-state index contributed by atoms with van der Waals surface area (Å²) < 4.78 is 34.1. The van der Waals surface area contributed by atoms with Gasteiger partial charge in [-0.05, 0) is 31.2 Å². The van der Waals surface area contributed by atoms with E-state index in [0.717, 1.165) is 4.88 Å². The summed E-state index contributed by atoms with van der Waals surface area (Å²) in [4.78, 5) is 25.6. The number of rotatable bonds is 8. The summed E-state index contributed by atoms with van der Waals surface area (Å²) in [5, 5.41) is 2.55. The minimum Gasteiger partial charge on any atom is -0.493 e. The highest BCUT2D eigenvalue weighted by Crippen LogP contribution is 2.31. The largest absolute Gasteiger partial charge is 0.493 e. The van der Waals surface area contributed by atoms with Gasteiger partial charge in [0.2, 0.25) is 5.91 Å². The van der Waals surface area contributed by atoms with Gasteiger partial charge in [-0.1, -0.05) is 0 Å². The van der Waals surface area contributed by atoms with Crippen molar-refractivity contribution < 1.29 is 27.8 Å². The minimum absolute atomic E-state index is 0.00710. The van der Waals surface area contributed by atoms with Gasteiger partial charge in [0.05, 0.1) is 12.0 Å². The van der Waals surface area contributed by atoms with Crippen LogP contribution in [0.3, 0.4) is 0 Å². The molecule has 0 saturated carbocycles. The topological polar surface area (TPSA) is 64.6 Å². The maximum absolute atomic E-state index is 12.4. The number of amides is 1. The van der Waals surface area contributed by atoms with E-state index in [-0.39, 0.29) is 35.8 Å². The molecule has 1 aromatic heterocycles. The predicted molar refractivity (Wildman–Crippen MR) is 90.9 cm³/mol. The average Bonchev–Trinajstić information content (AvgIpc) is 2.99. The third-order valence-electron chi connectivity index (χ3n) is 3.26. The third kappa shape index (κ3) is 5.53. The van der Waals surface area contributed by atoms with Crippen molar-refractivity contribution in [1.82, 2.24) is 0 Å². The number of carbonyl (C=O) groups excluding carboxylic acids is 2. The van der Waals surface area contributed by atoms with Gasteiger partial charge in [-0.3, -0.25) is 9.59 Å². The van der Waals surface area contributed by atoms with Crippen molar-refractivity contribution in [2.75, 3.05) is 12.4 Å². The maximum Gasteiger partial charge on any atom is 0.387 e. The van der Waals surface area contributed by atoms with Gasteiger partial charge >= 0.3 is 6.61 Å². The molecule has 0 saturated heterocycles. The van der Waals surface area contributed by atoms with E-state index in [0.29, 0.717) is 4.88 Å². The number of Topliss-reactive ketones (excluding diaryl/α,β-unsaturated/α-hetero) is 1. The summed E-state index contributed by atoms with van der Waals surface area (Å²) in [5.41, 5.74) is 0.279. The Kier molecular flexibility index (Phi) is 6.46. The van der Waals surface area contributed by atoms with Gasteiger partial charge in [-0.2, -0.15) is 8.78 Å². The summed E-state index contributed by atoms with van der Waals surface area (Å²) in [6.07, 6.45) is 0.0647. The van der Waals surface area contributed by atoms with Crippen molar-refractivity contribution in [3.8, 4) is 11.5 Å². The zero-order chi connectivity index (χ0) is 18.4. The Bertz CT molecular complexity index is 761. The minimum atomic E-state index is -3.01. The SMILES string of the molecule is COc1ccc(NC(=O)CCC(=O)c2ccc(C)s2)cc1OC(F)F. The smallest absolute Gasteiger partial charge is 0.387 e. The van der Waals surface area contributed by atoms with Crippen molar-refractivity contribution in [1.29, 1.82) is 0 Å². The molecule has 1 N–H and O–H groups in total. The van der Waals surface area contributed by atoms with Crippen LogP contribution in [0.25, 0.3) is 0 Å². The highest BCUT2D eigenvalue weighted by atomic mass is 32.1. The Balaban J connectivity index is 1.94. The van der Waals surface area contributed by atoms with E-state index in [1.165, 1.54) is 36.6 Å². The Morgan fingerprint density at radius 3 is 2.52 bits per heavy atom. The number of alkyl halides is 2. The summed E-state index contributed by atoms with van der Waals surface area (Å²) in [7, 11) is 1.32. The van der Waals surface area contributed by atoms with Crippen molar-refractivity contribution in [3.05, 3.63) is 40.1 Å². The number of carbonyl (C=O) groups is 2. The monoisotopic (exact) mass is 369 g/mol. The first-order valence-electron chi connectivity index (χ1n) is 7.41. The van der Waals surface area contributed by atoms with Crippen LogP contribution in [-0.4, -0.2) is 25.4 Å². The first kappa shape index (κ1) is 18.9. The normalized spacial score (nSPS) is 10.6. The van der Waals surface area contributed by atoms with E-state index in [4.69, 9.17) is 4.74 Å². The van der Waals surface area contributed by atoms with Crippen LogP contribution in [0.5, 0.6) is 11.5 Å². The number of hydrogen-bond acceptors (Lipinski definition) is 5. The quantitative estimate of drug-likeness (QED) is 0.706. The van der Waals surface area contributed by atoms with Gasteiger partial charge in [0.1, 0.15) is 0 Å². The molecule has 2 aromatic rings. The molecule has 5 nitrogen and oxygen atoms in total. The lowest BCUT2D eigenvalue weighted by molar-refractivity contribution is -0.116. The molecule has 0 aliphatic carbocycles. The molecule has 8 heteroatoms. The lowest BCUT2D eigenvalue weighted by Crippen LogP contribution is -2.13. The number of aryl methyl sites for hydroxylation is 1. The van der Waals surface area contributed by atoms with Crippen LogP contribution in [0.1, 0.15) is 27.4 Å². The first-order valence-corrected chi connectivity index (χ1v) is 8.23. The number of ether oxygens (including phenoxy) is 2. The Labute approximate surface area is 147 Å². The zero-order valence-corrected chi connectivity index (χ0v) is 14.5. The van der Waals surface area contributed by atoms with Gasteiger partial charge in [0.15, 0.2) is 17.3 Å². The fraction of sp³-hybridized carbons (Fsp3) is 0.294. The van der Waals surface area contributed by atoms with Crippen LogP contribution >= 0.6 is 11.3 Å². The van der Waals surface area contributed by atoms with Crippen LogP contribution in [0.2, 0.25) is 0 Å².